The largest absolute Gasteiger partial charge is 0.352 e. The minimum absolute atomic E-state index is 0.0220. The first-order chi connectivity index (χ1) is 16.6. The van der Waals surface area contributed by atoms with Gasteiger partial charge in [-0.25, -0.2) is 4.98 Å². The third-order valence-electron chi connectivity index (χ3n) is 6.22. The van der Waals surface area contributed by atoms with Gasteiger partial charge in [0.05, 0.1) is 18.3 Å². The van der Waals surface area contributed by atoms with Gasteiger partial charge in [-0.15, -0.1) is 11.3 Å². The highest BCUT2D eigenvalue weighted by Crippen LogP contribution is 2.43. The predicted molar refractivity (Wildman–Crippen MR) is 133 cm³/mol. The maximum Gasteiger partial charge on any atom is 0.228 e. The number of carbonyl (C=O) groups is 2. The maximum absolute atomic E-state index is 13.3. The molecule has 1 aliphatic rings. The van der Waals surface area contributed by atoms with Gasteiger partial charge in [0.2, 0.25) is 11.8 Å². The van der Waals surface area contributed by atoms with Crippen LogP contribution in [-0.4, -0.2) is 21.4 Å². The average molecular weight is 471 g/mol. The van der Waals surface area contributed by atoms with Crippen LogP contribution in [0, 0.1) is 12.8 Å². The number of aromatic nitrogens is 2. The molecule has 2 unspecified atom stereocenters. The second-order valence-corrected chi connectivity index (χ2v) is 9.62. The van der Waals surface area contributed by atoms with E-state index >= 15 is 0 Å². The van der Waals surface area contributed by atoms with E-state index < -0.39 is 5.92 Å². The van der Waals surface area contributed by atoms with Crippen LogP contribution >= 0.6 is 11.3 Å². The van der Waals surface area contributed by atoms with E-state index in [1.54, 1.807) is 28.8 Å². The van der Waals surface area contributed by atoms with Crippen LogP contribution in [0.15, 0.2) is 84.8 Å². The normalized spacial score (nSPS) is 17.8. The molecule has 0 spiro atoms. The number of imidazole rings is 1. The maximum atomic E-state index is 13.3. The summed E-state index contributed by atoms with van der Waals surface area (Å²) in [4.78, 5) is 33.2. The van der Waals surface area contributed by atoms with Crippen molar-refractivity contribution in [1.82, 2.24) is 14.9 Å². The summed E-state index contributed by atoms with van der Waals surface area (Å²) in [6, 6.07) is 19.8. The van der Waals surface area contributed by atoms with Gasteiger partial charge in [-0.1, -0.05) is 48.0 Å². The molecule has 34 heavy (non-hydrogen) atoms. The van der Waals surface area contributed by atoms with E-state index in [-0.39, 0.29) is 24.3 Å². The van der Waals surface area contributed by atoms with Crippen molar-refractivity contribution >= 4 is 28.8 Å². The Morgan fingerprint density at radius 3 is 2.53 bits per heavy atom. The summed E-state index contributed by atoms with van der Waals surface area (Å²) in [7, 11) is 0. The molecule has 0 radical (unpaired) electrons. The summed E-state index contributed by atoms with van der Waals surface area (Å²) in [5.41, 5.74) is 4.15. The van der Waals surface area contributed by atoms with E-state index in [4.69, 9.17) is 0 Å². The van der Waals surface area contributed by atoms with Crippen molar-refractivity contribution in [2.45, 2.75) is 32.5 Å². The predicted octanol–water partition coefficient (Wildman–Crippen LogP) is 4.71. The monoisotopic (exact) mass is 470 g/mol. The smallest absolute Gasteiger partial charge is 0.228 e. The average Bonchev–Trinajstić information content (AvgIpc) is 3.61. The number of rotatable bonds is 7. The molecule has 172 valence electrons. The number of hydrogen-bond donors (Lipinski definition) is 1. The molecule has 0 aliphatic carbocycles. The Bertz CT molecular complexity index is 1250. The summed E-state index contributed by atoms with van der Waals surface area (Å²) in [6.45, 7) is 3.21. The van der Waals surface area contributed by atoms with E-state index in [0.717, 1.165) is 28.2 Å². The molecule has 7 heteroatoms. The fraction of sp³-hybridized carbons (Fsp3) is 0.222. The number of benzene rings is 2. The summed E-state index contributed by atoms with van der Waals surface area (Å²) >= 11 is 1.58. The van der Waals surface area contributed by atoms with E-state index in [1.807, 2.05) is 71.6 Å². The molecule has 0 saturated carbocycles. The van der Waals surface area contributed by atoms with Gasteiger partial charge in [0.25, 0.3) is 0 Å². The Morgan fingerprint density at radius 2 is 1.85 bits per heavy atom. The number of amides is 2. The summed E-state index contributed by atoms with van der Waals surface area (Å²) < 4.78 is 2.01. The highest BCUT2D eigenvalue weighted by molar-refractivity contribution is 7.10. The zero-order valence-corrected chi connectivity index (χ0v) is 19.7. The second-order valence-electron chi connectivity index (χ2n) is 8.64. The lowest BCUT2D eigenvalue weighted by molar-refractivity contribution is -0.126. The van der Waals surface area contributed by atoms with Gasteiger partial charge >= 0.3 is 0 Å². The van der Waals surface area contributed by atoms with Crippen LogP contribution < -0.4 is 10.2 Å². The number of aryl methyl sites for hydroxylation is 1. The van der Waals surface area contributed by atoms with Crippen molar-refractivity contribution in [1.29, 1.82) is 0 Å². The van der Waals surface area contributed by atoms with Crippen LogP contribution in [0.5, 0.6) is 0 Å². The van der Waals surface area contributed by atoms with Crippen molar-refractivity contribution < 1.29 is 9.59 Å². The van der Waals surface area contributed by atoms with Crippen LogP contribution in [0.2, 0.25) is 0 Å². The van der Waals surface area contributed by atoms with Crippen molar-refractivity contribution in [2.24, 2.45) is 5.92 Å². The van der Waals surface area contributed by atoms with Gasteiger partial charge in [0.15, 0.2) is 0 Å². The van der Waals surface area contributed by atoms with Crippen LogP contribution in [0.1, 0.15) is 34.0 Å². The number of anilines is 1. The standard InChI is InChI=1S/C27H26N4O2S/c1-19-4-10-22(11-5-19)31-25(32)15-23(26(31)24-3-2-14-34-24)27(33)29-16-20-6-8-21(9-7-20)17-30-13-12-28-18-30/h2-14,18,23,26H,15-17H2,1H3,(H,29,33). The van der Waals surface area contributed by atoms with Gasteiger partial charge in [-0.3, -0.25) is 9.59 Å². The van der Waals surface area contributed by atoms with Gasteiger partial charge in [0.1, 0.15) is 0 Å². The number of nitrogens with zero attached hydrogens (tertiary/aromatic N) is 3. The lowest BCUT2D eigenvalue weighted by Gasteiger charge is -2.27. The molecule has 1 aliphatic heterocycles. The Hall–Kier alpha value is -3.71. The minimum Gasteiger partial charge on any atom is -0.352 e. The van der Waals surface area contributed by atoms with Gasteiger partial charge in [0, 0.05) is 42.5 Å². The van der Waals surface area contributed by atoms with Gasteiger partial charge in [-0.2, -0.15) is 0 Å². The van der Waals surface area contributed by atoms with Crippen LogP contribution in [-0.2, 0) is 22.7 Å². The van der Waals surface area contributed by atoms with Crippen molar-refractivity contribution in [3.8, 4) is 0 Å². The Balaban J connectivity index is 1.29. The molecular weight excluding hydrogens is 444 g/mol. The second kappa shape index (κ2) is 9.65. The zero-order chi connectivity index (χ0) is 23.5. The van der Waals surface area contributed by atoms with Crippen molar-refractivity contribution in [3.63, 3.8) is 0 Å². The topological polar surface area (TPSA) is 67.2 Å². The Morgan fingerprint density at radius 1 is 1.09 bits per heavy atom. The number of thiophene rings is 1. The van der Waals surface area contributed by atoms with E-state index in [1.165, 1.54) is 5.56 Å². The fourth-order valence-electron chi connectivity index (χ4n) is 4.44. The molecule has 2 aromatic carbocycles. The first-order valence-electron chi connectivity index (χ1n) is 11.3. The molecule has 2 atom stereocenters. The molecule has 3 heterocycles. The van der Waals surface area contributed by atoms with Crippen molar-refractivity contribution in [3.05, 3.63) is 106 Å². The zero-order valence-electron chi connectivity index (χ0n) is 18.9. The summed E-state index contributed by atoms with van der Waals surface area (Å²) in [6.07, 6.45) is 5.69. The lowest BCUT2D eigenvalue weighted by atomic mass is 9.97. The summed E-state index contributed by atoms with van der Waals surface area (Å²) in [5, 5.41) is 5.06. The molecular formula is C27H26N4O2S. The highest BCUT2D eigenvalue weighted by Gasteiger charge is 2.45. The van der Waals surface area contributed by atoms with Crippen LogP contribution in [0.4, 0.5) is 5.69 Å². The molecule has 2 aromatic heterocycles. The van der Waals surface area contributed by atoms with E-state index in [9.17, 15) is 9.59 Å². The highest BCUT2D eigenvalue weighted by atomic mass is 32.1. The van der Waals surface area contributed by atoms with Crippen LogP contribution in [0.25, 0.3) is 0 Å². The lowest BCUT2D eigenvalue weighted by Crippen LogP contribution is -2.35. The third kappa shape index (κ3) is 4.65. The quantitative estimate of drug-likeness (QED) is 0.425. The first-order valence-corrected chi connectivity index (χ1v) is 12.2. The molecule has 2 amide bonds. The molecule has 4 aromatic rings. The van der Waals surface area contributed by atoms with Gasteiger partial charge < -0.3 is 14.8 Å². The minimum atomic E-state index is -0.437. The van der Waals surface area contributed by atoms with Gasteiger partial charge in [-0.05, 0) is 41.6 Å². The number of nitrogens with one attached hydrogen (secondary N) is 1. The Labute approximate surface area is 202 Å². The molecule has 6 nitrogen and oxygen atoms in total. The summed E-state index contributed by atoms with van der Waals surface area (Å²) in [5.74, 6) is -0.553. The van der Waals surface area contributed by atoms with Crippen molar-refractivity contribution in [2.75, 3.05) is 4.90 Å². The number of hydrogen-bond acceptors (Lipinski definition) is 4. The molecule has 5 rings (SSSR count). The van der Waals surface area contributed by atoms with Crippen LogP contribution in [0.3, 0.4) is 0 Å². The SMILES string of the molecule is Cc1ccc(N2C(=O)CC(C(=O)NCc3ccc(Cn4ccnc4)cc3)C2c2cccs2)cc1. The molecule has 1 saturated heterocycles. The number of carbonyl (C=O) groups excluding carboxylic acids is 2. The van der Waals surface area contributed by atoms with E-state index in [0.29, 0.717) is 6.54 Å². The Kier molecular flexibility index (Phi) is 6.27. The fourth-order valence-corrected chi connectivity index (χ4v) is 5.32. The van der Waals surface area contributed by atoms with E-state index in [2.05, 4.69) is 22.4 Å². The first kappa shape index (κ1) is 22.1. The molecule has 1 fully saturated rings. The molecule has 0 bridgehead atoms. The molecule has 1 N–H and O–H groups in total. The third-order valence-corrected chi connectivity index (χ3v) is 7.16.